The Kier molecular flexibility index (Phi) is 1.16. The molecule has 0 aliphatic heterocycles. The van der Waals surface area contributed by atoms with Gasteiger partial charge in [-0.3, -0.25) is 4.98 Å². The summed E-state index contributed by atoms with van der Waals surface area (Å²) in [6.07, 6.45) is 1.59. The zero-order chi connectivity index (χ0) is 5.98. The summed E-state index contributed by atoms with van der Waals surface area (Å²) >= 11 is 0. The summed E-state index contributed by atoms with van der Waals surface area (Å²) in [6.45, 7) is 1.90. The lowest BCUT2D eigenvalue weighted by Crippen LogP contribution is -1.86. The number of rotatable bonds is 0. The quantitative estimate of drug-likeness (QED) is 0.532. The van der Waals surface area contributed by atoms with Gasteiger partial charge in [-0.2, -0.15) is 0 Å². The van der Waals surface area contributed by atoms with Gasteiger partial charge in [-0.05, 0) is 13.0 Å². The Morgan fingerprint density at radius 1 is 1.75 bits per heavy atom. The topological polar surface area (TPSA) is 38.9 Å². The van der Waals surface area contributed by atoms with E-state index >= 15 is 0 Å². The molecule has 0 fully saturated rings. The molecule has 2 N–H and O–H groups in total. The molecule has 0 saturated heterocycles. The fourth-order valence-corrected chi connectivity index (χ4v) is 0.434. The third-order valence-electron chi connectivity index (χ3n) is 0.855. The average molecular weight is 107 g/mol. The van der Waals surface area contributed by atoms with Crippen molar-refractivity contribution in [3.05, 3.63) is 24.0 Å². The van der Waals surface area contributed by atoms with Crippen LogP contribution in [0.25, 0.3) is 0 Å². The molecule has 0 atom stereocenters. The van der Waals surface area contributed by atoms with E-state index in [9.17, 15) is 0 Å². The van der Waals surface area contributed by atoms with Crippen molar-refractivity contribution in [1.82, 2.24) is 4.98 Å². The number of nitrogens with zero attached hydrogens (tertiary/aromatic N) is 1. The Labute approximate surface area is 48.4 Å². The van der Waals surface area contributed by atoms with Gasteiger partial charge in [0, 0.05) is 11.8 Å². The minimum atomic E-state index is 0.593. The van der Waals surface area contributed by atoms with E-state index in [1.807, 2.05) is 6.92 Å². The van der Waals surface area contributed by atoms with E-state index in [1.54, 1.807) is 12.3 Å². The van der Waals surface area contributed by atoms with E-state index in [0.717, 1.165) is 5.69 Å². The largest absolute Gasteiger partial charge is 0.397 e. The third-order valence-corrected chi connectivity index (χ3v) is 0.855. The number of hydrogen-bond donors (Lipinski definition) is 1. The highest BCUT2D eigenvalue weighted by Gasteiger charge is 1.82. The lowest BCUT2D eigenvalue weighted by molar-refractivity contribution is 1.20. The van der Waals surface area contributed by atoms with Gasteiger partial charge in [0.05, 0.1) is 11.9 Å². The Hall–Kier alpha value is -1.05. The van der Waals surface area contributed by atoms with Crippen LogP contribution in [0, 0.1) is 13.0 Å². The highest BCUT2D eigenvalue weighted by Crippen LogP contribution is 1.96. The van der Waals surface area contributed by atoms with Gasteiger partial charge in [-0.25, -0.2) is 0 Å². The van der Waals surface area contributed by atoms with Crippen molar-refractivity contribution in [1.29, 1.82) is 0 Å². The van der Waals surface area contributed by atoms with Crippen molar-refractivity contribution >= 4 is 5.69 Å². The highest BCUT2D eigenvalue weighted by atomic mass is 14.7. The molecular formula is C6H7N2. The molecule has 0 saturated carbocycles. The van der Waals surface area contributed by atoms with Crippen LogP contribution in [0.3, 0.4) is 0 Å². The molecule has 0 aliphatic carbocycles. The molecule has 1 heterocycles. The summed E-state index contributed by atoms with van der Waals surface area (Å²) < 4.78 is 0. The van der Waals surface area contributed by atoms with Crippen molar-refractivity contribution < 1.29 is 0 Å². The molecule has 0 aromatic carbocycles. The van der Waals surface area contributed by atoms with Gasteiger partial charge in [-0.15, -0.1) is 0 Å². The number of aryl methyl sites for hydroxylation is 1. The molecule has 1 rings (SSSR count). The Morgan fingerprint density at radius 2 is 2.50 bits per heavy atom. The molecule has 0 unspecified atom stereocenters. The minimum absolute atomic E-state index is 0.593. The van der Waals surface area contributed by atoms with Crippen molar-refractivity contribution in [2.45, 2.75) is 6.92 Å². The molecule has 8 heavy (non-hydrogen) atoms. The summed E-state index contributed by atoms with van der Waals surface area (Å²) in [4.78, 5) is 3.92. The molecule has 0 spiro atoms. The summed E-state index contributed by atoms with van der Waals surface area (Å²) in [6, 6.07) is 4.57. The van der Waals surface area contributed by atoms with Crippen LogP contribution in [-0.4, -0.2) is 4.98 Å². The van der Waals surface area contributed by atoms with E-state index in [2.05, 4.69) is 11.1 Å². The van der Waals surface area contributed by atoms with E-state index < -0.39 is 0 Å². The standard InChI is InChI=1S/C6H7N2/c1-5-2-3-6(7)4-8-5/h2,4H,7H2,1H3. The van der Waals surface area contributed by atoms with E-state index in [1.165, 1.54) is 0 Å². The predicted octanol–water partition coefficient (Wildman–Crippen LogP) is 0.772. The SMILES string of the molecule is Cc1c[c]c(N)cn1. The molecule has 41 valence electrons. The van der Waals surface area contributed by atoms with Crippen molar-refractivity contribution in [3.8, 4) is 0 Å². The second-order valence-electron chi connectivity index (χ2n) is 1.64. The lowest BCUT2D eigenvalue weighted by Gasteiger charge is -1.88. The Bertz CT molecular complexity index is 145. The van der Waals surface area contributed by atoms with Crippen LogP contribution in [0.4, 0.5) is 5.69 Å². The van der Waals surface area contributed by atoms with Gasteiger partial charge in [0.25, 0.3) is 0 Å². The maximum Gasteiger partial charge on any atom is 0.0581 e. The molecule has 0 amide bonds. The fraction of sp³-hybridized carbons (Fsp3) is 0.167. The van der Waals surface area contributed by atoms with Gasteiger partial charge in [0.1, 0.15) is 0 Å². The number of anilines is 1. The molecule has 0 aliphatic rings. The number of pyridine rings is 1. The Balaban J connectivity index is 3.03. The molecule has 1 aromatic heterocycles. The molecule has 2 heteroatoms. The first-order valence-corrected chi connectivity index (χ1v) is 2.39. The minimum Gasteiger partial charge on any atom is -0.397 e. The Morgan fingerprint density at radius 3 is 2.88 bits per heavy atom. The average Bonchev–Trinajstić information content (AvgIpc) is 1.77. The second-order valence-corrected chi connectivity index (χ2v) is 1.64. The van der Waals surface area contributed by atoms with Crippen LogP contribution < -0.4 is 5.73 Å². The molecular weight excluding hydrogens is 100 g/mol. The first-order chi connectivity index (χ1) is 3.79. The third kappa shape index (κ3) is 0.964. The van der Waals surface area contributed by atoms with Crippen LogP contribution in [0.5, 0.6) is 0 Å². The first-order valence-electron chi connectivity index (χ1n) is 2.39. The van der Waals surface area contributed by atoms with E-state index in [0.29, 0.717) is 5.69 Å². The summed E-state index contributed by atoms with van der Waals surface area (Å²) in [7, 11) is 0. The highest BCUT2D eigenvalue weighted by molar-refractivity contribution is 5.32. The van der Waals surface area contributed by atoms with Crippen molar-refractivity contribution in [2.75, 3.05) is 5.73 Å². The van der Waals surface area contributed by atoms with Gasteiger partial charge in [-0.1, -0.05) is 0 Å². The normalized spacial score (nSPS) is 9.12. The fourth-order valence-electron chi connectivity index (χ4n) is 0.434. The van der Waals surface area contributed by atoms with Crippen LogP contribution >= 0.6 is 0 Å². The van der Waals surface area contributed by atoms with Crippen LogP contribution in [0.1, 0.15) is 5.69 Å². The van der Waals surface area contributed by atoms with Crippen LogP contribution in [0.15, 0.2) is 12.3 Å². The summed E-state index contributed by atoms with van der Waals surface area (Å²) in [5.41, 5.74) is 6.85. The van der Waals surface area contributed by atoms with E-state index in [4.69, 9.17) is 5.73 Å². The molecule has 0 bridgehead atoms. The lowest BCUT2D eigenvalue weighted by atomic mass is 10.4. The molecule has 1 aromatic rings. The smallest absolute Gasteiger partial charge is 0.0581 e. The van der Waals surface area contributed by atoms with Crippen LogP contribution in [0.2, 0.25) is 0 Å². The predicted molar refractivity (Wildman–Crippen MR) is 32.2 cm³/mol. The first kappa shape index (κ1) is 5.09. The monoisotopic (exact) mass is 107 g/mol. The zero-order valence-electron chi connectivity index (χ0n) is 4.68. The summed E-state index contributed by atoms with van der Waals surface area (Å²) in [5, 5.41) is 0. The van der Waals surface area contributed by atoms with Crippen LogP contribution in [-0.2, 0) is 0 Å². The molecule has 1 radical (unpaired) electrons. The number of aromatic nitrogens is 1. The summed E-state index contributed by atoms with van der Waals surface area (Å²) in [5.74, 6) is 0. The zero-order valence-corrected chi connectivity index (χ0v) is 4.68. The van der Waals surface area contributed by atoms with Gasteiger partial charge < -0.3 is 5.73 Å². The second kappa shape index (κ2) is 1.82. The van der Waals surface area contributed by atoms with Gasteiger partial charge in [0.15, 0.2) is 0 Å². The van der Waals surface area contributed by atoms with Crippen molar-refractivity contribution in [3.63, 3.8) is 0 Å². The van der Waals surface area contributed by atoms with Crippen molar-refractivity contribution in [2.24, 2.45) is 0 Å². The molecule has 2 nitrogen and oxygen atoms in total. The maximum atomic E-state index is 5.31. The number of hydrogen-bond acceptors (Lipinski definition) is 2. The maximum absolute atomic E-state index is 5.31. The van der Waals surface area contributed by atoms with E-state index in [-0.39, 0.29) is 0 Å². The van der Waals surface area contributed by atoms with Gasteiger partial charge in [0.2, 0.25) is 0 Å². The number of nitrogens with two attached hydrogens (primary N) is 1. The van der Waals surface area contributed by atoms with Gasteiger partial charge >= 0.3 is 0 Å². The number of nitrogen functional groups attached to an aromatic ring is 1.